The van der Waals surface area contributed by atoms with Gasteiger partial charge in [0.15, 0.2) is 5.65 Å². The lowest BCUT2D eigenvalue weighted by Crippen LogP contribution is -2.19. The fourth-order valence-electron chi connectivity index (χ4n) is 3.88. The van der Waals surface area contributed by atoms with Gasteiger partial charge in [-0.3, -0.25) is 9.36 Å². The van der Waals surface area contributed by atoms with Crippen LogP contribution in [0.2, 0.25) is 0 Å². The molecule has 0 aliphatic heterocycles. The lowest BCUT2D eigenvalue weighted by atomic mass is 10.1. The Morgan fingerprint density at radius 3 is 2.71 bits per heavy atom. The van der Waals surface area contributed by atoms with Gasteiger partial charge in [-0.25, -0.2) is 20.0 Å². The highest BCUT2D eigenvalue weighted by Crippen LogP contribution is 2.36. The molecule has 0 radical (unpaired) electrons. The molecule has 1 aromatic carbocycles. The zero-order valence-corrected chi connectivity index (χ0v) is 21.5. The van der Waals surface area contributed by atoms with Gasteiger partial charge in [0.1, 0.15) is 18.0 Å². The average molecular weight is 484 g/mol. The maximum Gasteiger partial charge on any atom is 0.217 e. The Labute approximate surface area is 201 Å². The Bertz CT molecular complexity index is 1340. The van der Waals surface area contributed by atoms with E-state index in [0.717, 1.165) is 44.8 Å². The monoisotopic (exact) mass is 483 g/mol. The van der Waals surface area contributed by atoms with Crippen molar-refractivity contribution in [3.05, 3.63) is 42.4 Å². The summed E-state index contributed by atoms with van der Waals surface area (Å²) >= 11 is 0. The van der Waals surface area contributed by atoms with Crippen LogP contribution < -0.4 is 10.1 Å². The van der Waals surface area contributed by atoms with Gasteiger partial charge in [-0.1, -0.05) is 0 Å². The van der Waals surface area contributed by atoms with E-state index in [-0.39, 0.29) is 5.91 Å². The van der Waals surface area contributed by atoms with E-state index >= 15 is 0 Å². The van der Waals surface area contributed by atoms with Crippen molar-refractivity contribution in [3.8, 4) is 17.0 Å². The molecule has 0 spiro atoms. The smallest absolute Gasteiger partial charge is 0.217 e. The van der Waals surface area contributed by atoms with E-state index in [9.17, 15) is 4.79 Å². The maximum atomic E-state index is 11.3. The van der Waals surface area contributed by atoms with Gasteiger partial charge in [0.2, 0.25) is 5.91 Å². The number of rotatable bonds is 9. The van der Waals surface area contributed by atoms with Crippen LogP contribution in [0.3, 0.4) is 0 Å². The first-order chi connectivity index (χ1) is 16.2. The second kappa shape index (κ2) is 9.68. The average Bonchev–Trinajstić information content (AvgIpc) is 3.31. The van der Waals surface area contributed by atoms with E-state index in [4.69, 9.17) is 19.4 Å². The second-order valence-electron chi connectivity index (χ2n) is 9.31. The first-order valence-corrected chi connectivity index (χ1v) is 14.2. The Balaban J connectivity index is 1.79. The fourth-order valence-corrected chi connectivity index (χ4v) is 4.50. The number of benzene rings is 1. The summed E-state index contributed by atoms with van der Waals surface area (Å²) in [4.78, 5) is 20.8. The van der Waals surface area contributed by atoms with Gasteiger partial charge >= 0.3 is 0 Å². The van der Waals surface area contributed by atoms with Crippen molar-refractivity contribution in [1.29, 1.82) is 0 Å². The molecule has 0 aliphatic rings. The number of hydrogen-bond donors (Lipinski definition) is 1. The van der Waals surface area contributed by atoms with Crippen molar-refractivity contribution in [2.45, 2.75) is 20.2 Å². The van der Waals surface area contributed by atoms with E-state index in [0.29, 0.717) is 25.6 Å². The summed E-state index contributed by atoms with van der Waals surface area (Å²) in [6.07, 6.45) is 10.7. The topological polar surface area (TPSA) is 83.2 Å². The summed E-state index contributed by atoms with van der Waals surface area (Å²) in [6, 6.07) is 8.14. The number of hydrogen-bond acceptors (Lipinski definition) is 5. The van der Waals surface area contributed by atoms with Crippen molar-refractivity contribution in [2.24, 2.45) is 7.05 Å². The highest BCUT2D eigenvalue weighted by molar-refractivity contribution is 8.32. The Morgan fingerprint density at radius 1 is 1.21 bits per heavy atom. The van der Waals surface area contributed by atoms with Gasteiger partial charge in [0, 0.05) is 42.4 Å². The Morgan fingerprint density at radius 2 is 2.00 bits per heavy atom. The summed E-state index contributed by atoms with van der Waals surface area (Å²) in [5.41, 5.74) is 5.38. The van der Waals surface area contributed by atoms with Crippen molar-refractivity contribution < 1.29 is 14.3 Å². The predicted octanol–water partition coefficient (Wildman–Crippen LogP) is 3.90. The number of aryl methyl sites for hydroxylation is 1. The van der Waals surface area contributed by atoms with Crippen LogP contribution in [0.15, 0.2) is 36.7 Å². The number of amides is 1. The molecule has 0 saturated carbocycles. The number of carbonyl (C=O) groups excluding carboxylic acids is 1. The van der Waals surface area contributed by atoms with Crippen molar-refractivity contribution in [3.63, 3.8) is 0 Å². The zero-order valence-electron chi connectivity index (χ0n) is 20.7. The molecule has 3 heterocycles. The first kappa shape index (κ1) is 24.1. The molecule has 182 valence electrons. The number of methoxy groups -OCH3 is 1. The number of nitrogens with one attached hydrogen (secondary N) is 1. The van der Waals surface area contributed by atoms with Crippen LogP contribution >= 0.6 is 10.0 Å². The number of fused-ring (bicyclic) bond motifs is 2. The minimum atomic E-state index is -0.636. The summed E-state index contributed by atoms with van der Waals surface area (Å²) in [7, 11) is 3.08. The summed E-state index contributed by atoms with van der Waals surface area (Å²) in [6.45, 7) is 2.91. The van der Waals surface area contributed by atoms with Crippen LogP contribution in [-0.2, 0) is 29.9 Å². The zero-order chi connectivity index (χ0) is 24.5. The molecule has 1 amide bonds. The van der Waals surface area contributed by atoms with Crippen molar-refractivity contribution in [2.75, 3.05) is 38.2 Å². The van der Waals surface area contributed by atoms with Gasteiger partial charge < -0.3 is 19.4 Å². The highest BCUT2D eigenvalue weighted by atomic mass is 32.3. The minimum absolute atomic E-state index is 0.0979. The fraction of sp³-hybridized carbons (Fsp3) is 0.400. The summed E-state index contributed by atoms with van der Waals surface area (Å²) in [5, 5.41) is 3.87. The van der Waals surface area contributed by atoms with E-state index in [1.165, 1.54) is 6.92 Å². The normalized spacial score (nSPS) is 12.4. The van der Waals surface area contributed by atoms with Gasteiger partial charge in [-0.05, 0) is 43.0 Å². The van der Waals surface area contributed by atoms with E-state index in [1.807, 2.05) is 19.2 Å². The third-order valence-corrected chi connectivity index (χ3v) is 7.09. The molecule has 0 saturated heterocycles. The lowest BCUT2D eigenvalue weighted by Gasteiger charge is -2.24. The van der Waals surface area contributed by atoms with Gasteiger partial charge in [0.25, 0.3) is 0 Å². The Hall–Kier alpha value is -3.04. The van der Waals surface area contributed by atoms with Gasteiger partial charge in [-0.2, -0.15) is 0 Å². The van der Waals surface area contributed by atoms with Crippen LogP contribution in [0.25, 0.3) is 33.3 Å². The highest BCUT2D eigenvalue weighted by Gasteiger charge is 2.18. The summed E-state index contributed by atoms with van der Waals surface area (Å²) in [5.74, 6) is 1.75. The second-order valence-corrected chi connectivity index (χ2v) is 13.9. The molecule has 0 fully saturated rings. The quantitative estimate of drug-likeness (QED) is 0.365. The third kappa shape index (κ3) is 5.20. The van der Waals surface area contributed by atoms with E-state index < -0.39 is 10.0 Å². The third-order valence-electron chi connectivity index (χ3n) is 5.70. The van der Waals surface area contributed by atoms with Crippen LogP contribution in [0, 0.1) is 0 Å². The molecule has 34 heavy (non-hydrogen) atoms. The van der Waals surface area contributed by atoms with Gasteiger partial charge in [0.05, 0.1) is 37.8 Å². The van der Waals surface area contributed by atoms with Crippen LogP contribution in [0.1, 0.15) is 12.6 Å². The number of ether oxygens (including phenoxy) is 2. The molecule has 1 N–H and O–H groups in total. The van der Waals surface area contributed by atoms with Crippen LogP contribution in [0.5, 0.6) is 5.75 Å². The first-order valence-electron chi connectivity index (χ1n) is 11.1. The molecule has 0 bridgehead atoms. The lowest BCUT2D eigenvalue weighted by molar-refractivity contribution is -0.119. The molecule has 9 heteroatoms. The molecular formula is C25H33N5O3S. The van der Waals surface area contributed by atoms with Gasteiger partial charge in [-0.15, -0.1) is 0 Å². The predicted molar refractivity (Wildman–Crippen MR) is 140 cm³/mol. The van der Waals surface area contributed by atoms with Crippen molar-refractivity contribution >= 4 is 38.0 Å². The molecule has 3 aromatic heterocycles. The Kier molecular flexibility index (Phi) is 6.86. The van der Waals surface area contributed by atoms with Crippen molar-refractivity contribution in [1.82, 2.24) is 24.4 Å². The SMILES string of the molecule is COc1ccc2c(c1)c(-c1cc3nc(CNC(C)=O)cnc3n1COCCS(C)(C)C)cn2C. The minimum Gasteiger partial charge on any atom is -0.497 e. The number of carbonyl (C=O) groups is 1. The molecule has 0 unspecified atom stereocenters. The molecule has 4 aromatic rings. The number of nitrogens with zero attached hydrogens (tertiary/aromatic N) is 4. The number of aromatic nitrogens is 4. The molecule has 4 rings (SSSR count). The maximum absolute atomic E-state index is 11.3. The van der Waals surface area contributed by atoms with Crippen LogP contribution in [-0.4, -0.2) is 63.2 Å². The molecule has 8 nitrogen and oxygen atoms in total. The molecule has 0 atom stereocenters. The van der Waals surface area contributed by atoms with E-state index in [1.54, 1.807) is 13.3 Å². The molecular weight excluding hydrogens is 450 g/mol. The standard InChI is InChI=1S/C25H33N5O3S/c1-17(31)26-13-18-14-27-25-22(28-18)12-24(30(25)16-33-9-10-34(4,5)6)21-15-29(2)23-8-7-19(32-3)11-20(21)23/h7-8,11-12,14-15H,9-10,13,16H2,1-6H3,(H,26,31). The summed E-state index contributed by atoms with van der Waals surface area (Å²) < 4.78 is 15.8. The van der Waals surface area contributed by atoms with Crippen LogP contribution in [0.4, 0.5) is 0 Å². The molecule has 0 aliphatic carbocycles. The largest absolute Gasteiger partial charge is 0.497 e. The van der Waals surface area contributed by atoms with E-state index in [2.05, 4.69) is 51.5 Å².